The van der Waals surface area contributed by atoms with Crippen LogP contribution in [0, 0.1) is 22.0 Å². The monoisotopic (exact) mass is 224 g/mol. The average molecular weight is 225 g/mol. The number of nitrogens with one attached hydrogen (secondary N) is 1. The molecule has 78 valence electrons. The highest BCUT2D eigenvalue weighted by molar-refractivity contribution is 6.31. The molecule has 0 aliphatic heterocycles. The lowest BCUT2D eigenvalue weighted by Crippen LogP contribution is -2.04. The van der Waals surface area contributed by atoms with E-state index in [-0.39, 0.29) is 5.69 Å². The van der Waals surface area contributed by atoms with Crippen molar-refractivity contribution in [2.75, 3.05) is 13.6 Å². The number of halogens is 1. The van der Waals surface area contributed by atoms with E-state index in [4.69, 9.17) is 11.6 Å². The molecule has 1 aromatic carbocycles. The summed E-state index contributed by atoms with van der Waals surface area (Å²) in [7, 11) is 1.77. The number of benzene rings is 1. The minimum atomic E-state index is -0.473. The van der Waals surface area contributed by atoms with Gasteiger partial charge in [-0.3, -0.25) is 10.1 Å². The summed E-state index contributed by atoms with van der Waals surface area (Å²) in [4.78, 5) is 10.0. The number of nitrogens with zero attached hydrogens (tertiary/aromatic N) is 1. The Bertz CT molecular complexity index is 435. The van der Waals surface area contributed by atoms with Crippen molar-refractivity contribution in [2.24, 2.45) is 0 Å². The van der Waals surface area contributed by atoms with Crippen LogP contribution in [0.4, 0.5) is 5.69 Å². The van der Waals surface area contributed by atoms with Gasteiger partial charge in [-0.05, 0) is 13.1 Å². The molecule has 1 rings (SSSR count). The summed E-state index contributed by atoms with van der Waals surface area (Å²) in [6, 6.07) is 4.19. The van der Waals surface area contributed by atoms with Crippen molar-refractivity contribution >= 4 is 17.3 Å². The highest BCUT2D eigenvalue weighted by atomic mass is 35.5. The molecule has 0 aromatic heterocycles. The first-order valence-electron chi connectivity index (χ1n) is 4.22. The Hall–Kier alpha value is -1.57. The van der Waals surface area contributed by atoms with E-state index < -0.39 is 4.92 Å². The lowest BCUT2D eigenvalue weighted by molar-refractivity contribution is -0.384. The van der Waals surface area contributed by atoms with E-state index in [9.17, 15) is 10.1 Å². The van der Waals surface area contributed by atoms with Gasteiger partial charge in [-0.1, -0.05) is 23.4 Å². The number of nitro benzene ring substituents is 1. The molecule has 0 saturated heterocycles. The van der Waals surface area contributed by atoms with E-state index in [1.54, 1.807) is 7.05 Å². The third-order valence-electron chi connectivity index (χ3n) is 1.65. The molecule has 0 amide bonds. The maximum absolute atomic E-state index is 10.5. The zero-order valence-electron chi connectivity index (χ0n) is 8.08. The largest absolute Gasteiger partial charge is 0.309 e. The second-order valence-electron chi connectivity index (χ2n) is 2.75. The molecular weight excluding hydrogens is 216 g/mol. The van der Waals surface area contributed by atoms with Crippen molar-refractivity contribution in [2.45, 2.75) is 0 Å². The van der Waals surface area contributed by atoms with Crippen LogP contribution in [0.2, 0.25) is 5.02 Å². The molecule has 15 heavy (non-hydrogen) atoms. The number of hydrogen-bond donors (Lipinski definition) is 1. The zero-order chi connectivity index (χ0) is 11.3. The van der Waals surface area contributed by atoms with Crippen LogP contribution < -0.4 is 5.32 Å². The number of non-ortho nitro benzene ring substituents is 1. The second-order valence-corrected chi connectivity index (χ2v) is 3.16. The maximum Gasteiger partial charge on any atom is 0.270 e. The summed E-state index contributed by atoms with van der Waals surface area (Å²) >= 11 is 5.83. The van der Waals surface area contributed by atoms with Crippen LogP contribution in [-0.4, -0.2) is 18.5 Å². The molecule has 0 unspecified atom stereocenters. The summed E-state index contributed by atoms with van der Waals surface area (Å²) in [6.45, 7) is 0.513. The van der Waals surface area contributed by atoms with Gasteiger partial charge in [0.25, 0.3) is 5.69 Å². The van der Waals surface area contributed by atoms with Crippen molar-refractivity contribution in [3.63, 3.8) is 0 Å². The first-order chi connectivity index (χ1) is 7.15. The van der Waals surface area contributed by atoms with E-state index in [1.807, 2.05) is 0 Å². The van der Waals surface area contributed by atoms with Crippen molar-refractivity contribution in [3.8, 4) is 11.8 Å². The smallest absolute Gasteiger partial charge is 0.270 e. The Morgan fingerprint density at radius 2 is 2.33 bits per heavy atom. The quantitative estimate of drug-likeness (QED) is 0.474. The van der Waals surface area contributed by atoms with Gasteiger partial charge in [0.15, 0.2) is 0 Å². The third kappa shape index (κ3) is 3.24. The molecule has 1 aromatic rings. The average Bonchev–Trinajstić information content (AvgIpc) is 2.20. The summed E-state index contributed by atoms with van der Waals surface area (Å²) in [5.74, 6) is 5.55. The van der Waals surface area contributed by atoms with Gasteiger partial charge in [0.1, 0.15) is 0 Å². The Morgan fingerprint density at radius 3 is 2.93 bits per heavy atom. The van der Waals surface area contributed by atoms with Gasteiger partial charge >= 0.3 is 0 Å². The second kappa shape index (κ2) is 5.35. The summed E-state index contributed by atoms with van der Waals surface area (Å²) < 4.78 is 0. The molecule has 0 aliphatic carbocycles. The van der Waals surface area contributed by atoms with Crippen molar-refractivity contribution in [1.82, 2.24) is 5.32 Å². The van der Waals surface area contributed by atoms with Crippen molar-refractivity contribution in [1.29, 1.82) is 0 Å². The first kappa shape index (κ1) is 11.5. The van der Waals surface area contributed by atoms with Crippen LogP contribution in [0.25, 0.3) is 0 Å². The lowest BCUT2D eigenvalue weighted by Gasteiger charge is -1.95. The molecule has 0 aliphatic rings. The Morgan fingerprint density at radius 1 is 1.60 bits per heavy atom. The van der Waals surface area contributed by atoms with Crippen LogP contribution in [0.1, 0.15) is 5.56 Å². The summed E-state index contributed by atoms with van der Waals surface area (Å²) in [5.41, 5.74) is 0.467. The predicted molar refractivity (Wildman–Crippen MR) is 58.9 cm³/mol. The Kier molecular flexibility index (Phi) is 4.10. The van der Waals surface area contributed by atoms with E-state index in [1.165, 1.54) is 18.2 Å². The van der Waals surface area contributed by atoms with Gasteiger partial charge in [-0.25, -0.2) is 0 Å². The molecule has 0 fully saturated rings. The van der Waals surface area contributed by atoms with Gasteiger partial charge in [0, 0.05) is 17.7 Å². The summed E-state index contributed by atoms with van der Waals surface area (Å²) in [6.07, 6.45) is 0. The first-order valence-corrected chi connectivity index (χ1v) is 4.60. The highest BCUT2D eigenvalue weighted by Gasteiger charge is 2.07. The minimum Gasteiger partial charge on any atom is -0.309 e. The van der Waals surface area contributed by atoms with Crippen LogP contribution in [0.5, 0.6) is 0 Å². The molecular formula is C10H9ClN2O2. The molecule has 0 radical (unpaired) electrons. The fraction of sp³-hybridized carbons (Fsp3) is 0.200. The molecule has 0 atom stereocenters. The Labute approximate surface area is 92.4 Å². The van der Waals surface area contributed by atoms with Crippen LogP contribution >= 0.6 is 11.6 Å². The van der Waals surface area contributed by atoms with Gasteiger partial charge in [0.05, 0.1) is 16.5 Å². The topological polar surface area (TPSA) is 55.2 Å². The standard InChI is InChI=1S/C10H9ClN2O2/c1-12-6-2-3-8-7-9(13(14)15)4-5-10(8)11/h4-5,7,12H,6H2,1H3. The zero-order valence-corrected chi connectivity index (χ0v) is 8.84. The maximum atomic E-state index is 10.5. The van der Waals surface area contributed by atoms with Crippen LogP contribution in [0.3, 0.4) is 0 Å². The lowest BCUT2D eigenvalue weighted by atomic mass is 10.2. The molecule has 5 heteroatoms. The van der Waals surface area contributed by atoms with Gasteiger partial charge in [-0.2, -0.15) is 0 Å². The number of rotatable bonds is 2. The van der Waals surface area contributed by atoms with E-state index in [0.717, 1.165) is 0 Å². The third-order valence-corrected chi connectivity index (χ3v) is 1.98. The van der Waals surface area contributed by atoms with E-state index >= 15 is 0 Å². The fourth-order valence-corrected chi connectivity index (χ4v) is 1.12. The summed E-state index contributed by atoms with van der Waals surface area (Å²) in [5, 5.41) is 13.8. The minimum absolute atomic E-state index is 0.00634. The normalized spacial score (nSPS) is 9.20. The highest BCUT2D eigenvalue weighted by Crippen LogP contribution is 2.20. The van der Waals surface area contributed by atoms with E-state index in [0.29, 0.717) is 17.1 Å². The molecule has 0 heterocycles. The number of hydrogen-bond acceptors (Lipinski definition) is 3. The van der Waals surface area contributed by atoms with E-state index in [2.05, 4.69) is 17.2 Å². The fourth-order valence-electron chi connectivity index (χ4n) is 0.950. The predicted octanol–water partition coefficient (Wildman–Crippen LogP) is 1.82. The van der Waals surface area contributed by atoms with Gasteiger partial charge < -0.3 is 5.32 Å². The number of nitro groups is 1. The molecule has 1 N–H and O–H groups in total. The molecule has 0 spiro atoms. The van der Waals surface area contributed by atoms with Crippen LogP contribution in [-0.2, 0) is 0 Å². The molecule has 4 nitrogen and oxygen atoms in total. The van der Waals surface area contributed by atoms with Crippen LogP contribution in [0.15, 0.2) is 18.2 Å². The van der Waals surface area contributed by atoms with Crippen molar-refractivity contribution in [3.05, 3.63) is 38.9 Å². The molecule has 0 bridgehead atoms. The SMILES string of the molecule is CNCC#Cc1cc([N+](=O)[O-])ccc1Cl. The van der Waals surface area contributed by atoms with Crippen molar-refractivity contribution < 1.29 is 4.92 Å². The molecule has 0 saturated carbocycles. The van der Waals surface area contributed by atoms with Gasteiger partial charge in [-0.15, -0.1) is 0 Å². The van der Waals surface area contributed by atoms with Gasteiger partial charge in [0.2, 0.25) is 0 Å². The Balaban J connectivity index is 3.02.